The maximum Gasteiger partial charge on any atom is 0.275 e. The first-order valence-electron chi connectivity index (χ1n) is 8.51. The molecule has 5 nitrogen and oxygen atoms in total. The zero-order valence-corrected chi connectivity index (χ0v) is 14.2. The molecule has 126 valence electrons. The summed E-state index contributed by atoms with van der Waals surface area (Å²) in [5.74, 6) is 0.595. The second-order valence-corrected chi connectivity index (χ2v) is 6.25. The fourth-order valence-corrected chi connectivity index (χ4v) is 3.06. The third-order valence-corrected chi connectivity index (χ3v) is 4.64. The van der Waals surface area contributed by atoms with E-state index in [4.69, 9.17) is 0 Å². The van der Waals surface area contributed by atoms with Gasteiger partial charge < -0.3 is 15.1 Å². The van der Waals surface area contributed by atoms with E-state index in [-0.39, 0.29) is 11.8 Å². The number of amides is 2. The summed E-state index contributed by atoms with van der Waals surface area (Å²) in [5, 5.41) is 3.07. The summed E-state index contributed by atoms with van der Waals surface area (Å²) in [6, 6.07) is 10.3. The minimum atomic E-state index is 0.102. The molecule has 1 fully saturated rings. The van der Waals surface area contributed by atoms with Crippen molar-refractivity contribution in [1.82, 2.24) is 10.2 Å². The molecule has 2 amide bonds. The first kappa shape index (κ1) is 17.5. The molecule has 1 saturated heterocycles. The summed E-state index contributed by atoms with van der Waals surface area (Å²) in [6.07, 6.45) is 1.01. The highest BCUT2D eigenvalue weighted by Crippen LogP contribution is 2.17. The van der Waals surface area contributed by atoms with Gasteiger partial charge in [-0.2, -0.15) is 0 Å². The summed E-state index contributed by atoms with van der Waals surface area (Å²) in [7, 11) is 0. The molecule has 0 saturated carbocycles. The van der Waals surface area contributed by atoms with Crippen LogP contribution in [0.3, 0.4) is 0 Å². The number of nitrogens with zero attached hydrogens (tertiary/aromatic N) is 1. The molecule has 0 aliphatic carbocycles. The van der Waals surface area contributed by atoms with E-state index in [1.807, 2.05) is 23.1 Å². The van der Waals surface area contributed by atoms with Gasteiger partial charge in [0, 0.05) is 19.4 Å². The van der Waals surface area contributed by atoms with Crippen molar-refractivity contribution in [3.05, 3.63) is 35.9 Å². The highest BCUT2D eigenvalue weighted by Gasteiger charge is 2.23. The van der Waals surface area contributed by atoms with Crippen LogP contribution in [0.1, 0.15) is 31.7 Å². The lowest BCUT2D eigenvalue weighted by Crippen LogP contribution is -3.15. The second-order valence-electron chi connectivity index (χ2n) is 6.25. The zero-order chi connectivity index (χ0) is 16.7. The molecule has 1 aromatic rings. The number of piperazine rings is 1. The van der Waals surface area contributed by atoms with E-state index >= 15 is 0 Å². The van der Waals surface area contributed by atoms with Gasteiger partial charge in [0.25, 0.3) is 5.91 Å². The number of hydrogen-bond acceptors (Lipinski definition) is 2. The molecule has 0 bridgehead atoms. The molecule has 0 radical (unpaired) electrons. The van der Waals surface area contributed by atoms with E-state index in [0.29, 0.717) is 19.0 Å². The highest BCUT2D eigenvalue weighted by molar-refractivity contribution is 5.77. The van der Waals surface area contributed by atoms with E-state index in [0.717, 1.165) is 32.6 Å². The van der Waals surface area contributed by atoms with Gasteiger partial charge in [-0.15, -0.1) is 0 Å². The van der Waals surface area contributed by atoms with Crippen LogP contribution in [0.2, 0.25) is 0 Å². The van der Waals surface area contributed by atoms with Crippen molar-refractivity contribution in [3.63, 3.8) is 0 Å². The van der Waals surface area contributed by atoms with Crippen molar-refractivity contribution in [2.24, 2.45) is 0 Å². The van der Waals surface area contributed by atoms with Crippen LogP contribution in [-0.4, -0.2) is 56.0 Å². The highest BCUT2D eigenvalue weighted by atomic mass is 16.2. The maximum atomic E-state index is 12.2. The normalized spacial score (nSPS) is 16.9. The SMILES string of the molecule is CC[C@H](CNC(=O)C[NH+]1CCN(C(C)=O)CC1)c1ccccc1. The zero-order valence-electron chi connectivity index (χ0n) is 14.2. The number of nitrogens with one attached hydrogen (secondary N) is 2. The largest absolute Gasteiger partial charge is 0.351 e. The van der Waals surface area contributed by atoms with Gasteiger partial charge in [-0.05, 0) is 12.0 Å². The Labute approximate surface area is 138 Å². The lowest BCUT2D eigenvalue weighted by Gasteiger charge is -2.31. The van der Waals surface area contributed by atoms with Crippen LogP contribution in [-0.2, 0) is 9.59 Å². The Morgan fingerprint density at radius 1 is 1.22 bits per heavy atom. The van der Waals surface area contributed by atoms with Crippen molar-refractivity contribution in [2.75, 3.05) is 39.3 Å². The smallest absolute Gasteiger partial charge is 0.275 e. The summed E-state index contributed by atoms with van der Waals surface area (Å²) in [5.41, 5.74) is 1.28. The van der Waals surface area contributed by atoms with Crippen molar-refractivity contribution in [2.45, 2.75) is 26.2 Å². The number of hydrogen-bond donors (Lipinski definition) is 2. The lowest BCUT2D eigenvalue weighted by atomic mass is 9.96. The average Bonchev–Trinajstić information content (AvgIpc) is 2.57. The van der Waals surface area contributed by atoms with E-state index in [1.54, 1.807) is 6.92 Å². The van der Waals surface area contributed by atoms with Crippen molar-refractivity contribution < 1.29 is 14.5 Å². The molecule has 5 heteroatoms. The van der Waals surface area contributed by atoms with Crippen LogP contribution in [0.15, 0.2) is 30.3 Å². The van der Waals surface area contributed by atoms with Gasteiger partial charge >= 0.3 is 0 Å². The molecule has 0 unspecified atom stereocenters. The summed E-state index contributed by atoms with van der Waals surface area (Å²) >= 11 is 0. The van der Waals surface area contributed by atoms with Crippen LogP contribution in [0.4, 0.5) is 0 Å². The molecule has 23 heavy (non-hydrogen) atoms. The number of benzene rings is 1. The fourth-order valence-electron chi connectivity index (χ4n) is 3.06. The van der Waals surface area contributed by atoms with Crippen LogP contribution in [0, 0.1) is 0 Å². The van der Waals surface area contributed by atoms with Crippen molar-refractivity contribution in [1.29, 1.82) is 0 Å². The Morgan fingerprint density at radius 3 is 2.43 bits per heavy atom. The van der Waals surface area contributed by atoms with E-state index in [2.05, 4.69) is 24.4 Å². The van der Waals surface area contributed by atoms with Crippen LogP contribution in [0.25, 0.3) is 0 Å². The number of quaternary nitrogens is 1. The third kappa shape index (κ3) is 5.36. The van der Waals surface area contributed by atoms with Crippen molar-refractivity contribution >= 4 is 11.8 Å². The van der Waals surface area contributed by atoms with Gasteiger partial charge in [0.05, 0.1) is 26.2 Å². The topological polar surface area (TPSA) is 53.9 Å². The summed E-state index contributed by atoms with van der Waals surface area (Å²) in [6.45, 7) is 8.14. The molecule has 1 atom stereocenters. The second kappa shape index (κ2) is 8.67. The van der Waals surface area contributed by atoms with Crippen LogP contribution < -0.4 is 10.2 Å². The lowest BCUT2D eigenvalue weighted by molar-refractivity contribution is -0.896. The first-order valence-corrected chi connectivity index (χ1v) is 8.51. The first-order chi connectivity index (χ1) is 11.1. The van der Waals surface area contributed by atoms with E-state index in [1.165, 1.54) is 10.5 Å². The molecule has 0 spiro atoms. The van der Waals surface area contributed by atoms with Gasteiger partial charge in [-0.25, -0.2) is 0 Å². The average molecular weight is 318 g/mol. The number of rotatable bonds is 6. The summed E-state index contributed by atoms with van der Waals surface area (Å²) in [4.78, 5) is 26.6. The molecular formula is C18H28N3O2+. The van der Waals surface area contributed by atoms with E-state index < -0.39 is 0 Å². The van der Waals surface area contributed by atoms with Gasteiger partial charge in [0.2, 0.25) is 5.91 Å². The quantitative estimate of drug-likeness (QED) is 0.778. The fraction of sp³-hybridized carbons (Fsp3) is 0.556. The minimum absolute atomic E-state index is 0.102. The van der Waals surface area contributed by atoms with Gasteiger partial charge in [-0.1, -0.05) is 37.3 Å². The van der Waals surface area contributed by atoms with Crippen LogP contribution >= 0.6 is 0 Å². The van der Waals surface area contributed by atoms with Gasteiger partial charge in [-0.3, -0.25) is 9.59 Å². The molecule has 1 aliphatic rings. The Hall–Kier alpha value is -1.88. The van der Waals surface area contributed by atoms with Gasteiger partial charge in [0.15, 0.2) is 6.54 Å². The molecule has 1 aromatic carbocycles. The van der Waals surface area contributed by atoms with Crippen LogP contribution in [0.5, 0.6) is 0 Å². The minimum Gasteiger partial charge on any atom is -0.351 e. The Bertz CT molecular complexity index is 510. The van der Waals surface area contributed by atoms with E-state index in [9.17, 15) is 9.59 Å². The molecular weight excluding hydrogens is 290 g/mol. The Morgan fingerprint density at radius 2 is 1.87 bits per heavy atom. The standard InChI is InChI=1S/C18H27N3O2/c1-3-16(17-7-5-4-6-8-17)13-19-18(23)14-20-9-11-21(12-10-20)15(2)22/h4-8,16H,3,9-14H2,1-2H3,(H,19,23)/p+1/t16-/m1/s1. The monoisotopic (exact) mass is 318 g/mol. The molecule has 1 aliphatic heterocycles. The molecule has 1 heterocycles. The molecule has 2 rings (SSSR count). The Balaban J connectivity index is 1.74. The number of carbonyl (C=O) groups excluding carboxylic acids is 2. The van der Waals surface area contributed by atoms with Crippen molar-refractivity contribution in [3.8, 4) is 0 Å². The third-order valence-electron chi connectivity index (χ3n) is 4.64. The number of carbonyl (C=O) groups is 2. The molecule has 2 N–H and O–H groups in total. The molecule has 0 aromatic heterocycles. The summed E-state index contributed by atoms with van der Waals surface area (Å²) < 4.78 is 0. The maximum absolute atomic E-state index is 12.2. The van der Waals surface area contributed by atoms with Gasteiger partial charge in [0.1, 0.15) is 0 Å². The predicted octanol–water partition coefficient (Wildman–Crippen LogP) is 0.0434. The predicted molar refractivity (Wildman–Crippen MR) is 90.3 cm³/mol. The Kier molecular flexibility index (Phi) is 6.59.